The van der Waals surface area contributed by atoms with Crippen molar-refractivity contribution in [2.24, 2.45) is 5.92 Å². The standard InChI is InChI=1S/C22H22O2.C2H2/c23-20-12-8-17(9-13-20)15-22(24)19-10-6-16(7-11-19)14-21(22)18-4-2-1-3-5-18;1-2/h1-6,8-13,16,21,23-24H,7,14-15H2;1-2H. The van der Waals surface area contributed by atoms with E-state index in [1.54, 1.807) is 12.1 Å². The molecule has 3 aliphatic carbocycles. The van der Waals surface area contributed by atoms with Gasteiger partial charge >= 0.3 is 0 Å². The smallest absolute Gasteiger partial charge is 0.115 e. The third-order valence-corrected chi connectivity index (χ3v) is 5.42. The number of hydrogen-bond donors (Lipinski definition) is 2. The number of rotatable bonds is 3. The van der Waals surface area contributed by atoms with E-state index in [0.29, 0.717) is 12.3 Å². The normalized spacial score (nSPS) is 26.3. The zero-order valence-electron chi connectivity index (χ0n) is 14.8. The quantitative estimate of drug-likeness (QED) is 0.799. The van der Waals surface area contributed by atoms with Gasteiger partial charge < -0.3 is 10.2 Å². The first kappa shape index (κ1) is 18.0. The fraction of sp³-hybridized carbons (Fsp3) is 0.250. The SMILES string of the molecule is C#C.Oc1ccc(CC2(O)C3=CCC(C=C3)CC2c2ccccc2)cc1. The Morgan fingerprint density at radius 3 is 2.31 bits per heavy atom. The van der Waals surface area contributed by atoms with Crippen LogP contribution in [0.5, 0.6) is 5.75 Å². The van der Waals surface area contributed by atoms with Crippen molar-refractivity contribution in [3.05, 3.63) is 89.5 Å². The molecular weight excluding hydrogens is 320 g/mol. The number of terminal acetylenes is 1. The van der Waals surface area contributed by atoms with Crippen LogP contribution in [0.2, 0.25) is 0 Å². The lowest BCUT2D eigenvalue weighted by Crippen LogP contribution is -2.39. The zero-order chi connectivity index (χ0) is 18.6. The monoisotopic (exact) mass is 344 g/mol. The molecule has 2 nitrogen and oxygen atoms in total. The van der Waals surface area contributed by atoms with Crippen molar-refractivity contribution in [1.82, 2.24) is 0 Å². The van der Waals surface area contributed by atoms with Crippen molar-refractivity contribution >= 4 is 0 Å². The highest BCUT2D eigenvalue weighted by atomic mass is 16.3. The molecule has 0 fully saturated rings. The van der Waals surface area contributed by atoms with Crippen LogP contribution in [0.4, 0.5) is 0 Å². The molecule has 0 heterocycles. The molecule has 5 rings (SSSR count). The summed E-state index contributed by atoms with van der Waals surface area (Å²) in [5, 5.41) is 21.3. The van der Waals surface area contributed by atoms with E-state index < -0.39 is 5.60 Å². The highest BCUT2D eigenvalue weighted by molar-refractivity contribution is 5.43. The van der Waals surface area contributed by atoms with E-state index in [1.807, 2.05) is 30.3 Å². The Balaban J connectivity index is 0.000000948. The summed E-state index contributed by atoms with van der Waals surface area (Å²) >= 11 is 0. The van der Waals surface area contributed by atoms with Crippen LogP contribution in [-0.4, -0.2) is 15.8 Å². The molecule has 2 aromatic rings. The summed E-state index contributed by atoms with van der Waals surface area (Å²) in [5.41, 5.74) is 2.34. The fourth-order valence-corrected chi connectivity index (χ4v) is 4.11. The molecule has 26 heavy (non-hydrogen) atoms. The van der Waals surface area contributed by atoms with Gasteiger partial charge in [0.15, 0.2) is 0 Å². The van der Waals surface area contributed by atoms with Crippen molar-refractivity contribution in [3.63, 3.8) is 0 Å². The van der Waals surface area contributed by atoms with Crippen molar-refractivity contribution < 1.29 is 10.2 Å². The minimum atomic E-state index is -0.917. The summed E-state index contributed by atoms with van der Waals surface area (Å²) in [6, 6.07) is 17.5. The predicted molar refractivity (Wildman–Crippen MR) is 106 cm³/mol. The number of fused-ring (bicyclic) bond motifs is 3. The Bertz CT molecular complexity index is 814. The van der Waals surface area contributed by atoms with E-state index in [9.17, 15) is 10.2 Å². The average Bonchev–Trinajstić information content (AvgIpc) is 2.91. The maximum absolute atomic E-state index is 11.8. The van der Waals surface area contributed by atoms with Gasteiger partial charge in [-0.2, -0.15) is 0 Å². The van der Waals surface area contributed by atoms with Crippen molar-refractivity contribution in [2.75, 3.05) is 0 Å². The van der Waals surface area contributed by atoms with Gasteiger partial charge in [0.2, 0.25) is 0 Å². The van der Waals surface area contributed by atoms with Crippen molar-refractivity contribution in [1.29, 1.82) is 0 Å². The number of phenolic OH excluding ortho intramolecular Hbond substituents is 1. The fourth-order valence-electron chi connectivity index (χ4n) is 4.11. The van der Waals surface area contributed by atoms with E-state index >= 15 is 0 Å². The molecular formula is C24H24O2. The lowest BCUT2D eigenvalue weighted by Gasteiger charge is -2.36. The van der Waals surface area contributed by atoms with Crippen molar-refractivity contribution in [3.8, 4) is 18.6 Å². The molecule has 0 spiro atoms. The van der Waals surface area contributed by atoms with E-state index in [4.69, 9.17) is 0 Å². The topological polar surface area (TPSA) is 40.5 Å². The highest BCUT2D eigenvalue weighted by Crippen LogP contribution is 2.47. The molecule has 2 N–H and O–H groups in total. The van der Waals surface area contributed by atoms with Gasteiger partial charge in [0.25, 0.3) is 0 Å². The molecule has 2 aromatic carbocycles. The summed E-state index contributed by atoms with van der Waals surface area (Å²) in [6.07, 6.45) is 17.1. The first-order valence-corrected chi connectivity index (χ1v) is 8.92. The maximum atomic E-state index is 11.8. The van der Waals surface area contributed by atoms with Crippen LogP contribution in [0.15, 0.2) is 78.4 Å². The lowest BCUT2D eigenvalue weighted by molar-refractivity contribution is 0.0499. The Hall–Kier alpha value is -2.76. The molecule has 2 heteroatoms. The summed E-state index contributed by atoms with van der Waals surface area (Å²) in [7, 11) is 0. The van der Waals surface area contributed by atoms with Crippen LogP contribution in [0.3, 0.4) is 0 Å². The van der Waals surface area contributed by atoms with Gasteiger partial charge in [-0.05, 0) is 47.6 Å². The van der Waals surface area contributed by atoms with Gasteiger partial charge in [0.05, 0.1) is 0 Å². The van der Waals surface area contributed by atoms with Gasteiger partial charge in [-0.1, -0.05) is 60.7 Å². The number of hydrogen-bond acceptors (Lipinski definition) is 2. The first-order chi connectivity index (χ1) is 12.6. The summed E-state index contributed by atoms with van der Waals surface area (Å²) in [4.78, 5) is 0. The molecule has 0 aromatic heterocycles. The van der Waals surface area contributed by atoms with Gasteiger partial charge in [0.1, 0.15) is 11.4 Å². The third-order valence-electron chi connectivity index (χ3n) is 5.42. The van der Waals surface area contributed by atoms with Crippen LogP contribution in [-0.2, 0) is 6.42 Å². The van der Waals surface area contributed by atoms with Crippen LogP contribution >= 0.6 is 0 Å². The number of aromatic hydroxyl groups is 1. The van der Waals surface area contributed by atoms with Gasteiger partial charge in [-0.25, -0.2) is 0 Å². The second-order valence-corrected chi connectivity index (χ2v) is 6.98. The zero-order valence-corrected chi connectivity index (χ0v) is 14.8. The Kier molecular flexibility index (Phi) is 5.30. The van der Waals surface area contributed by atoms with E-state index in [-0.39, 0.29) is 11.7 Å². The number of phenols is 1. The molecule has 0 amide bonds. The molecule has 3 aliphatic rings. The molecule has 0 saturated heterocycles. The summed E-state index contributed by atoms with van der Waals surface area (Å²) in [6.45, 7) is 0. The molecule has 2 bridgehead atoms. The molecule has 0 radical (unpaired) electrons. The summed E-state index contributed by atoms with van der Waals surface area (Å²) < 4.78 is 0. The minimum absolute atomic E-state index is 0.0706. The van der Waals surface area contributed by atoms with Crippen LogP contribution in [0.25, 0.3) is 0 Å². The first-order valence-electron chi connectivity index (χ1n) is 8.92. The van der Waals surface area contributed by atoms with Crippen LogP contribution < -0.4 is 0 Å². The van der Waals surface area contributed by atoms with Gasteiger partial charge in [-0.15, -0.1) is 12.8 Å². The van der Waals surface area contributed by atoms with E-state index in [2.05, 4.69) is 43.2 Å². The number of benzene rings is 2. The minimum Gasteiger partial charge on any atom is -0.508 e. The Morgan fingerprint density at radius 2 is 1.69 bits per heavy atom. The van der Waals surface area contributed by atoms with Crippen LogP contribution in [0, 0.1) is 18.8 Å². The summed E-state index contributed by atoms with van der Waals surface area (Å²) in [5.74, 6) is 0.820. The third kappa shape index (κ3) is 3.45. The number of allylic oxidation sites excluding steroid dienone is 2. The van der Waals surface area contributed by atoms with Gasteiger partial charge in [0, 0.05) is 12.3 Å². The van der Waals surface area contributed by atoms with Crippen molar-refractivity contribution in [2.45, 2.75) is 30.8 Å². The average molecular weight is 344 g/mol. The molecule has 3 unspecified atom stereocenters. The lowest BCUT2D eigenvalue weighted by atomic mass is 9.73. The van der Waals surface area contributed by atoms with Gasteiger partial charge in [-0.3, -0.25) is 0 Å². The second kappa shape index (κ2) is 7.64. The highest BCUT2D eigenvalue weighted by Gasteiger charge is 2.44. The van der Waals surface area contributed by atoms with E-state index in [1.165, 1.54) is 5.56 Å². The molecule has 3 atom stereocenters. The largest absolute Gasteiger partial charge is 0.508 e. The second-order valence-electron chi connectivity index (χ2n) is 6.98. The van der Waals surface area contributed by atoms with Crippen LogP contribution in [0.1, 0.15) is 29.9 Å². The predicted octanol–water partition coefficient (Wildman–Crippen LogP) is 4.61. The molecule has 0 aliphatic heterocycles. The molecule has 132 valence electrons. The number of aliphatic hydroxyl groups is 1. The Morgan fingerprint density at radius 1 is 1.00 bits per heavy atom. The van der Waals surface area contributed by atoms with E-state index in [0.717, 1.165) is 24.0 Å². The maximum Gasteiger partial charge on any atom is 0.115 e. The molecule has 0 saturated carbocycles. The Labute approximate surface area is 155 Å².